The summed E-state index contributed by atoms with van der Waals surface area (Å²) >= 11 is 0. The van der Waals surface area contributed by atoms with Gasteiger partial charge in [0.15, 0.2) is 11.5 Å². The Kier molecular flexibility index (Phi) is 5.70. The Hall–Kier alpha value is -3.35. The molecule has 1 N–H and O–H groups in total. The van der Waals surface area contributed by atoms with Gasteiger partial charge in [-0.2, -0.15) is 5.10 Å². The Morgan fingerprint density at radius 3 is 2.57 bits per heavy atom. The lowest BCUT2D eigenvalue weighted by Crippen LogP contribution is -2.48. The maximum Gasteiger partial charge on any atom is 0.346 e. The van der Waals surface area contributed by atoms with E-state index in [1.54, 1.807) is 25.3 Å². The van der Waals surface area contributed by atoms with E-state index in [2.05, 4.69) is 10.4 Å². The number of methoxy groups -OCH3 is 1. The molecule has 0 aromatic heterocycles. The minimum absolute atomic E-state index is 0.266. The third-order valence-electron chi connectivity index (χ3n) is 5.59. The Balaban J connectivity index is 1.49. The number of hydrogen-bond acceptors (Lipinski definition) is 5. The van der Waals surface area contributed by atoms with Crippen LogP contribution in [0.4, 0.5) is 4.79 Å². The van der Waals surface area contributed by atoms with E-state index in [1.165, 1.54) is 6.21 Å². The van der Waals surface area contributed by atoms with Gasteiger partial charge in [-0.05, 0) is 42.2 Å². The first-order valence-electron chi connectivity index (χ1n) is 10.2. The van der Waals surface area contributed by atoms with Crippen LogP contribution in [0.15, 0.2) is 53.6 Å². The summed E-state index contributed by atoms with van der Waals surface area (Å²) in [5.74, 6) is 0.892. The molecule has 7 nitrogen and oxygen atoms in total. The first kappa shape index (κ1) is 19.9. The second kappa shape index (κ2) is 8.57. The highest BCUT2D eigenvalue weighted by atomic mass is 16.5. The van der Waals surface area contributed by atoms with Gasteiger partial charge < -0.3 is 14.8 Å². The van der Waals surface area contributed by atoms with Crippen molar-refractivity contribution < 1.29 is 19.1 Å². The molecule has 1 aliphatic carbocycles. The zero-order valence-electron chi connectivity index (χ0n) is 17.0. The summed E-state index contributed by atoms with van der Waals surface area (Å²) in [6.45, 7) is 0.396. The number of urea groups is 1. The van der Waals surface area contributed by atoms with Crippen LogP contribution in [0.1, 0.15) is 43.2 Å². The van der Waals surface area contributed by atoms with E-state index in [4.69, 9.17) is 9.47 Å². The van der Waals surface area contributed by atoms with Crippen LogP contribution in [-0.2, 0) is 11.4 Å². The van der Waals surface area contributed by atoms with Gasteiger partial charge in [0.05, 0.1) is 13.3 Å². The molecule has 156 valence electrons. The summed E-state index contributed by atoms with van der Waals surface area (Å²) in [4.78, 5) is 25.2. The number of hydrazone groups is 1. The van der Waals surface area contributed by atoms with E-state index in [0.717, 1.165) is 29.8 Å². The molecule has 0 unspecified atom stereocenters. The van der Waals surface area contributed by atoms with Crippen LogP contribution >= 0.6 is 0 Å². The van der Waals surface area contributed by atoms with E-state index in [-0.39, 0.29) is 5.91 Å². The van der Waals surface area contributed by atoms with Crippen molar-refractivity contribution >= 4 is 18.2 Å². The van der Waals surface area contributed by atoms with Crippen molar-refractivity contribution in [1.29, 1.82) is 0 Å². The largest absolute Gasteiger partial charge is 0.493 e. The second-order valence-electron chi connectivity index (χ2n) is 7.62. The van der Waals surface area contributed by atoms with Crippen LogP contribution in [0.25, 0.3) is 0 Å². The Labute approximate surface area is 175 Å². The third kappa shape index (κ3) is 4.01. The van der Waals surface area contributed by atoms with Gasteiger partial charge in [0, 0.05) is 0 Å². The number of rotatable bonds is 6. The van der Waals surface area contributed by atoms with E-state index in [1.807, 2.05) is 30.3 Å². The number of hydrogen-bond donors (Lipinski definition) is 1. The molecule has 2 aromatic carbocycles. The lowest BCUT2D eigenvalue weighted by atomic mass is 9.82. The van der Waals surface area contributed by atoms with Gasteiger partial charge in [-0.1, -0.05) is 49.6 Å². The zero-order chi connectivity index (χ0) is 21.0. The topological polar surface area (TPSA) is 80.2 Å². The first-order valence-corrected chi connectivity index (χ1v) is 10.2. The molecular weight excluding hydrogens is 382 g/mol. The first-order chi connectivity index (χ1) is 14.6. The lowest BCUT2D eigenvalue weighted by molar-refractivity contribution is -0.132. The minimum atomic E-state index is -0.781. The minimum Gasteiger partial charge on any atom is -0.493 e. The summed E-state index contributed by atoms with van der Waals surface area (Å²) in [7, 11) is 1.58. The van der Waals surface area contributed by atoms with Crippen molar-refractivity contribution in [2.45, 2.75) is 44.2 Å². The fourth-order valence-corrected chi connectivity index (χ4v) is 3.95. The van der Waals surface area contributed by atoms with Crippen LogP contribution in [-0.4, -0.2) is 35.8 Å². The third-order valence-corrected chi connectivity index (χ3v) is 5.59. The molecule has 4 rings (SSSR count). The standard InChI is InChI=1S/C23H25N3O4/c1-29-19-11-10-18(14-20(19)30-16-17-8-4-2-5-9-17)15-24-26-21(27)23(25-22(26)28)12-6-3-7-13-23/h2,4-5,8-11,14-15H,3,6-7,12-13,16H2,1H3,(H,25,28). The predicted octanol–water partition coefficient (Wildman–Crippen LogP) is 3.86. The van der Waals surface area contributed by atoms with Crippen molar-refractivity contribution in [2.75, 3.05) is 7.11 Å². The second-order valence-corrected chi connectivity index (χ2v) is 7.62. The number of carbonyl (C=O) groups excluding carboxylic acids is 2. The van der Waals surface area contributed by atoms with Gasteiger partial charge >= 0.3 is 6.03 Å². The van der Waals surface area contributed by atoms with Gasteiger partial charge in [0.25, 0.3) is 5.91 Å². The molecule has 2 fully saturated rings. The van der Waals surface area contributed by atoms with Crippen LogP contribution in [0.3, 0.4) is 0 Å². The maximum absolute atomic E-state index is 12.8. The van der Waals surface area contributed by atoms with Crippen LogP contribution < -0.4 is 14.8 Å². The highest BCUT2D eigenvalue weighted by Gasteiger charge is 2.51. The summed E-state index contributed by atoms with van der Waals surface area (Å²) < 4.78 is 11.3. The summed E-state index contributed by atoms with van der Waals surface area (Å²) in [5.41, 5.74) is 0.955. The molecule has 30 heavy (non-hydrogen) atoms. The Bertz CT molecular complexity index is 952. The average Bonchev–Trinajstić information content (AvgIpc) is 3.00. The van der Waals surface area contributed by atoms with E-state index >= 15 is 0 Å². The van der Waals surface area contributed by atoms with Gasteiger partial charge in [-0.25, -0.2) is 4.79 Å². The molecule has 1 spiro atoms. The molecule has 1 heterocycles. The molecular formula is C23H25N3O4. The summed E-state index contributed by atoms with van der Waals surface area (Å²) in [6, 6.07) is 14.7. The molecule has 2 aromatic rings. The smallest absolute Gasteiger partial charge is 0.346 e. The van der Waals surface area contributed by atoms with Crippen molar-refractivity contribution in [3.8, 4) is 11.5 Å². The molecule has 0 bridgehead atoms. The molecule has 7 heteroatoms. The fraction of sp³-hybridized carbons (Fsp3) is 0.348. The van der Waals surface area contributed by atoms with E-state index in [9.17, 15) is 9.59 Å². The van der Waals surface area contributed by atoms with E-state index in [0.29, 0.717) is 36.5 Å². The monoisotopic (exact) mass is 407 g/mol. The quantitative estimate of drug-likeness (QED) is 0.582. The Morgan fingerprint density at radius 2 is 1.83 bits per heavy atom. The van der Waals surface area contributed by atoms with Crippen LogP contribution in [0.5, 0.6) is 11.5 Å². The van der Waals surface area contributed by atoms with Gasteiger partial charge in [0.1, 0.15) is 12.1 Å². The number of amides is 3. The molecule has 1 saturated carbocycles. The summed E-state index contributed by atoms with van der Waals surface area (Å²) in [6.07, 6.45) is 5.79. The fourth-order valence-electron chi connectivity index (χ4n) is 3.95. The number of imide groups is 1. The van der Waals surface area contributed by atoms with Crippen molar-refractivity contribution in [1.82, 2.24) is 10.3 Å². The summed E-state index contributed by atoms with van der Waals surface area (Å²) in [5, 5.41) is 7.97. The molecule has 1 saturated heterocycles. The van der Waals surface area contributed by atoms with Gasteiger partial charge in [0.2, 0.25) is 0 Å². The zero-order valence-corrected chi connectivity index (χ0v) is 17.0. The maximum atomic E-state index is 12.8. The highest BCUT2D eigenvalue weighted by molar-refractivity contribution is 6.07. The number of benzene rings is 2. The SMILES string of the molecule is COc1ccc(C=NN2C(=O)NC3(CCCCC3)C2=O)cc1OCc1ccccc1. The highest BCUT2D eigenvalue weighted by Crippen LogP contribution is 2.34. The normalized spacial score (nSPS) is 18.1. The van der Waals surface area contributed by atoms with Crippen molar-refractivity contribution in [2.24, 2.45) is 5.10 Å². The number of carbonyl (C=O) groups is 2. The van der Waals surface area contributed by atoms with Gasteiger partial charge in [-0.3, -0.25) is 4.79 Å². The Morgan fingerprint density at radius 1 is 1.07 bits per heavy atom. The number of nitrogens with zero attached hydrogens (tertiary/aromatic N) is 2. The lowest BCUT2D eigenvalue weighted by Gasteiger charge is -2.29. The molecule has 2 aliphatic rings. The molecule has 3 amide bonds. The predicted molar refractivity (Wildman–Crippen MR) is 113 cm³/mol. The number of ether oxygens (including phenoxy) is 2. The van der Waals surface area contributed by atoms with Crippen molar-refractivity contribution in [3.05, 3.63) is 59.7 Å². The van der Waals surface area contributed by atoms with Gasteiger partial charge in [-0.15, -0.1) is 5.01 Å². The average molecular weight is 407 g/mol. The molecule has 0 radical (unpaired) electrons. The van der Waals surface area contributed by atoms with Crippen LogP contribution in [0, 0.1) is 0 Å². The number of nitrogens with one attached hydrogen (secondary N) is 1. The molecule has 1 aliphatic heterocycles. The van der Waals surface area contributed by atoms with Crippen LogP contribution in [0.2, 0.25) is 0 Å². The van der Waals surface area contributed by atoms with E-state index < -0.39 is 11.6 Å². The molecule has 0 atom stereocenters. The van der Waals surface area contributed by atoms with Crippen molar-refractivity contribution in [3.63, 3.8) is 0 Å².